The number of anilines is 4. The maximum atomic E-state index is 5.84. The minimum Gasteiger partial charge on any atom is -0.656 e. The van der Waals surface area contributed by atoms with Crippen LogP contribution in [0, 0.1) is 30.3 Å². The van der Waals surface area contributed by atoms with E-state index in [9.17, 15) is 0 Å². The van der Waals surface area contributed by atoms with Crippen molar-refractivity contribution in [3.05, 3.63) is 486 Å². The molecule has 131 heavy (non-hydrogen) atoms. The Morgan fingerprint density at radius 1 is 0.275 bits per heavy atom. The number of pyridine rings is 10. The van der Waals surface area contributed by atoms with E-state index in [0.29, 0.717) is 87.6 Å². The molecule has 0 aliphatic rings. The van der Waals surface area contributed by atoms with Crippen LogP contribution in [0.4, 0.5) is 23.0 Å². The first-order valence-corrected chi connectivity index (χ1v) is 40.9. The Bertz CT molecular complexity index is 5910. The van der Waals surface area contributed by atoms with Crippen LogP contribution < -0.4 is 28.7 Å². The summed E-state index contributed by atoms with van der Waals surface area (Å²) in [4.78, 5) is 48.6. The summed E-state index contributed by atoms with van der Waals surface area (Å²) >= 11 is 0. The second-order valence-corrected chi connectivity index (χ2v) is 28.2. The predicted octanol–water partition coefficient (Wildman–Crippen LogP) is 24.0. The summed E-state index contributed by atoms with van der Waals surface area (Å²) < 4.78 is 22.5. The van der Waals surface area contributed by atoms with Crippen molar-refractivity contribution in [1.82, 2.24) is 49.8 Å². The van der Waals surface area contributed by atoms with Gasteiger partial charge in [-0.25, -0.2) is 0 Å². The molecule has 0 bridgehead atoms. The number of benzene rings is 7. The second kappa shape index (κ2) is 59.4. The van der Waals surface area contributed by atoms with Crippen LogP contribution in [-0.4, -0.2) is 83.2 Å². The molecule has 26 heteroatoms. The number of rotatable bonds is 34. The third-order valence-corrected chi connectivity index (χ3v) is 18.3. The maximum absolute atomic E-state index is 5.84. The van der Waals surface area contributed by atoms with Crippen LogP contribution in [0.5, 0.6) is 35.0 Å². The first-order chi connectivity index (χ1) is 62.2. The summed E-state index contributed by atoms with van der Waals surface area (Å²) in [5, 5.41) is 22.7. The molecule has 0 aliphatic heterocycles. The molecule has 10 aromatic heterocycles. The third-order valence-electron chi connectivity index (χ3n) is 18.3. The van der Waals surface area contributed by atoms with Crippen LogP contribution in [0.25, 0.3) is 60.4 Å². The van der Waals surface area contributed by atoms with Crippen LogP contribution in [0.1, 0.15) is 48.0 Å². The smallest absolute Gasteiger partial charge is 0.656 e. The Kier molecular flexibility index (Phi) is 47.4. The minimum absolute atomic E-state index is 0. The quantitative estimate of drug-likeness (QED) is 0.0269. The third kappa shape index (κ3) is 36.4. The molecule has 0 amide bonds. The Morgan fingerprint density at radius 2 is 0.603 bits per heavy atom. The number of ether oxygens (including phenoxy) is 4. The molecular formula is C105H91N17O4Pt5. The SMILES string of the molecule is CC(C)(C[N-]Cc1ccccn1)c1cccc(-c2[c-]cccc2)n1.[Pt+2].[Pt+2].[Pt+2].[Pt+2].[Pt+2].[c-]1ccccc1-c1cccc(N(C[N-]Cc2ccccn2)c2ccccc2)n1.[c-]1ccccc1-c1cccc(OC[N-]Cc2ccccn2)n1.[c-]1ccccc1Oc1cccc(N(C[N-]Cc2ccccn2)c2ccccc2)n1.[c-]1ccccc1Oc1cccc(OC[N-]Cc2ccccn2)n1. The average Bonchev–Trinajstić information content (AvgIpc) is 0.830. The molecule has 0 aliphatic carbocycles. The van der Waals surface area contributed by atoms with Crippen molar-refractivity contribution in [2.45, 2.75) is 52.0 Å². The topological polar surface area (TPSA) is 243 Å². The van der Waals surface area contributed by atoms with Gasteiger partial charge >= 0.3 is 105 Å². The maximum Gasteiger partial charge on any atom is 2.00 e. The van der Waals surface area contributed by atoms with Crippen molar-refractivity contribution in [3.8, 4) is 68.8 Å². The molecule has 0 unspecified atom stereocenters. The number of nitrogens with zero attached hydrogens (tertiary/aromatic N) is 17. The molecule has 17 aromatic rings. The zero-order chi connectivity index (χ0) is 86.4. The molecule has 17 rings (SSSR count). The van der Waals surface area contributed by atoms with Crippen LogP contribution in [0.15, 0.2) is 395 Å². The monoisotopic (exact) mass is 2630 g/mol. The fraction of sp³-hybridized carbons (Fsp3) is 0.124. The minimum atomic E-state index is -0.125. The van der Waals surface area contributed by atoms with E-state index in [1.807, 2.05) is 326 Å². The predicted molar refractivity (Wildman–Crippen MR) is 497 cm³/mol. The number of para-hydroxylation sites is 4. The van der Waals surface area contributed by atoms with E-state index in [1.165, 1.54) is 0 Å². The molecule has 0 saturated heterocycles. The zero-order valence-electron chi connectivity index (χ0n) is 71.4. The number of hydrogen-bond donors (Lipinski definition) is 0. The fourth-order valence-electron chi connectivity index (χ4n) is 12.1. The summed E-state index contributed by atoms with van der Waals surface area (Å²) in [6.45, 7) is 9.26. The van der Waals surface area contributed by atoms with Gasteiger partial charge in [0.2, 0.25) is 23.5 Å². The molecule has 0 N–H and O–H groups in total. The average molecular weight is 2630 g/mol. The fourth-order valence-corrected chi connectivity index (χ4v) is 12.1. The van der Waals surface area contributed by atoms with Gasteiger partial charge in [-0.15, -0.1) is 171 Å². The van der Waals surface area contributed by atoms with Gasteiger partial charge in [0.05, 0.1) is 0 Å². The number of aromatic nitrogens is 10. The Balaban J connectivity index is 0.000000201. The van der Waals surface area contributed by atoms with Crippen LogP contribution in [0.2, 0.25) is 0 Å². The van der Waals surface area contributed by atoms with Crippen LogP contribution in [0.3, 0.4) is 0 Å². The van der Waals surface area contributed by atoms with E-state index in [4.69, 9.17) is 34.2 Å². The molecule has 0 atom stereocenters. The van der Waals surface area contributed by atoms with Gasteiger partial charge in [-0.2, -0.15) is 46.4 Å². The van der Waals surface area contributed by atoms with Crippen molar-refractivity contribution < 1.29 is 124 Å². The summed E-state index contributed by atoms with van der Waals surface area (Å²) in [5.41, 5.74) is 13.3. The van der Waals surface area contributed by atoms with Gasteiger partial charge < -0.3 is 60.3 Å². The van der Waals surface area contributed by atoms with E-state index >= 15 is 0 Å². The van der Waals surface area contributed by atoms with Gasteiger partial charge in [0, 0.05) is 120 Å². The van der Waals surface area contributed by atoms with Crippen molar-refractivity contribution >= 4 is 23.0 Å². The van der Waals surface area contributed by atoms with Gasteiger partial charge in [0.15, 0.2) is 0 Å². The standard InChI is InChI=1S/C24H20N4O.C24H20N4.C21H21N3.C18H15N3O2.C18H15N3O.5Pt/c1-3-11-21(12-4-1)28(19-25-18-20-10-7-8-17-26-20)23-15-9-16-24(27-23)29-22-13-5-2-6-14-22;1-3-10-20(11-4-1)23-15-9-16-24(27-23)28(22-13-5-2-6-14-22)19-25-18-21-12-7-8-17-26-21;1-21(2,16-22-15-18-11-6-7-14-23-18)20-13-8-12-19(24-20)17-9-4-3-5-10-17;1-2-8-16(9-3-1)23-18-11-6-10-17(21-18)22-14-19-13-15-7-4-5-12-20-15;1-2-7-15(8-3-1)17-10-6-11-18(21-17)22-14-19-13-16-9-4-5-12-20-16;;;;;/h1-13,15-17H,18-19H2;1-10,12-17H,18-19H2;3-9,11-14H,15-16H2,1-2H3;1-8,10-12H,13-14H2;1-7,9-12H,13-14H2;;;;;/q5*-2;5*+2. The van der Waals surface area contributed by atoms with E-state index in [0.717, 1.165) is 90.9 Å². The molecular weight excluding hydrogens is 2540 g/mol. The molecule has 21 nitrogen and oxygen atoms in total. The van der Waals surface area contributed by atoms with Crippen molar-refractivity contribution in [2.24, 2.45) is 0 Å². The largest absolute Gasteiger partial charge is 2.00 e. The molecule has 0 radical (unpaired) electrons. The zero-order valence-corrected chi connectivity index (χ0v) is 82.8. The summed E-state index contributed by atoms with van der Waals surface area (Å²) in [6.07, 6.45) is 8.88. The van der Waals surface area contributed by atoms with E-state index in [1.54, 1.807) is 49.2 Å². The molecule has 0 fully saturated rings. The summed E-state index contributed by atoms with van der Waals surface area (Å²) in [6, 6.07) is 132. The first-order valence-electron chi connectivity index (χ1n) is 40.9. The van der Waals surface area contributed by atoms with Gasteiger partial charge in [0.1, 0.15) is 11.6 Å². The molecule has 10 heterocycles. The van der Waals surface area contributed by atoms with Gasteiger partial charge in [-0.05, 0) is 132 Å². The Morgan fingerprint density at radius 3 is 1.01 bits per heavy atom. The Labute approximate surface area is 839 Å². The molecule has 7 aromatic carbocycles. The second-order valence-electron chi connectivity index (χ2n) is 28.2. The van der Waals surface area contributed by atoms with Gasteiger partial charge in [-0.1, -0.05) is 142 Å². The summed E-state index contributed by atoms with van der Waals surface area (Å²) in [7, 11) is 0. The molecule has 670 valence electrons. The normalized spacial score (nSPS) is 10.2. The number of hydrogen-bond acceptors (Lipinski definition) is 16. The van der Waals surface area contributed by atoms with E-state index in [-0.39, 0.29) is 124 Å². The Hall–Kier alpha value is -11.9. The van der Waals surface area contributed by atoms with Crippen LogP contribution >= 0.6 is 0 Å². The van der Waals surface area contributed by atoms with Crippen molar-refractivity contribution in [2.75, 3.05) is 43.1 Å². The van der Waals surface area contributed by atoms with Crippen molar-refractivity contribution in [3.63, 3.8) is 0 Å². The van der Waals surface area contributed by atoms with Gasteiger partial charge in [0.25, 0.3) is 0 Å². The summed E-state index contributed by atoms with van der Waals surface area (Å²) in [5.74, 6) is 4.83. The molecule has 0 saturated carbocycles. The van der Waals surface area contributed by atoms with E-state index < -0.39 is 0 Å². The first kappa shape index (κ1) is 104. The van der Waals surface area contributed by atoms with Crippen molar-refractivity contribution in [1.29, 1.82) is 0 Å². The molecule has 0 spiro atoms. The van der Waals surface area contributed by atoms with E-state index in [2.05, 4.69) is 134 Å². The van der Waals surface area contributed by atoms with Crippen LogP contribution in [-0.2, 0) is 143 Å². The van der Waals surface area contributed by atoms with Gasteiger partial charge in [-0.3, -0.25) is 34.9 Å².